The molecule has 10 nitrogen and oxygen atoms in total. The molecule has 1 aliphatic carbocycles. The van der Waals surface area contributed by atoms with E-state index < -0.39 is 23.5 Å². The minimum atomic E-state index is -1.05. The number of halogens is 2. The third-order valence-corrected chi connectivity index (χ3v) is 11.2. The van der Waals surface area contributed by atoms with Crippen LogP contribution in [0.2, 0.25) is 0 Å². The van der Waals surface area contributed by atoms with Gasteiger partial charge in [0.2, 0.25) is 0 Å². The first kappa shape index (κ1) is 37.6. The Morgan fingerprint density at radius 3 is 2.25 bits per heavy atom. The van der Waals surface area contributed by atoms with Crippen molar-refractivity contribution < 1.29 is 33.1 Å². The Labute approximate surface area is 311 Å². The van der Waals surface area contributed by atoms with E-state index in [2.05, 4.69) is 34.7 Å². The van der Waals surface area contributed by atoms with Crippen molar-refractivity contribution in [2.45, 2.75) is 64.5 Å². The number of rotatable bonds is 10. The number of carbonyl (C=O) groups excluding carboxylic acids is 3. The highest BCUT2D eigenvalue weighted by Crippen LogP contribution is 2.39. The number of urea groups is 1. The maximum Gasteiger partial charge on any atom is 0.335 e. The van der Waals surface area contributed by atoms with Crippen molar-refractivity contribution in [3.8, 4) is 0 Å². The molecule has 4 amide bonds. The molecule has 13 heteroatoms. The summed E-state index contributed by atoms with van der Waals surface area (Å²) in [5, 5.41) is 17.8. The van der Waals surface area contributed by atoms with Crippen LogP contribution in [0.3, 0.4) is 0 Å². The van der Waals surface area contributed by atoms with E-state index in [4.69, 9.17) is 5.11 Å². The average Bonchev–Trinajstić information content (AvgIpc) is 3.49. The molecule has 0 spiro atoms. The number of benzene rings is 3. The fraction of sp³-hybridized carbons (Fsp3) is 0.350. The zero-order valence-electron chi connectivity index (χ0n) is 30.0. The number of thiophene rings is 1. The number of carbonyl (C=O) groups is 4. The van der Waals surface area contributed by atoms with Crippen LogP contribution >= 0.6 is 11.3 Å². The van der Waals surface area contributed by atoms with Crippen molar-refractivity contribution in [1.29, 1.82) is 0 Å². The summed E-state index contributed by atoms with van der Waals surface area (Å²) in [6.45, 7) is 6.60. The molecular weight excluding hydrogens is 701 g/mol. The highest BCUT2D eigenvalue weighted by Gasteiger charge is 2.35. The average molecular weight is 744 g/mol. The number of hydrogen-bond acceptors (Lipinski definition) is 6. The molecule has 0 saturated carbocycles. The molecule has 1 fully saturated rings. The Balaban J connectivity index is 1.15. The summed E-state index contributed by atoms with van der Waals surface area (Å²) in [6.07, 6.45) is 3.59. The third kappa shape index (κ3) is 8.58. The van der Waals surface area contributed by atoms with Gasteiger partial charge in [-0.1, -0.05) is 24.3 Å². The highest BCUT2D eigenvalue weighted by atomic mass is 32.1. The number of nitrogens with zero attached hydrogens (tertiary/aromatic N) is 2. The van der Waals surface area contributed by atoms with Crippen LogP contribution in [0.4, 0.5) is 24.3 Å². The first-order chi connectivity index (χ1) is 25.3. The second-order valence-corrected chi connectivity index (χ2v) is 15.3. The van der Waals surface area contributed by atoms with E-state index in [0.29, 0.717) is 55.1 Å². The van der Waals surface area contributed by atoms with Gasteiger partial charge in [0, 0.05) is 60.5 Å². The van der Waals surface area contributed by atoms with Crippen LogP contribution in [0.25, 0.3) is 0 Å². The fourth-order valence-corrected chi connectivity index (χ4v) is 8.39. The van der Waals surface area contributed by atoms with Gasteiger partial charge in [-0.3, -0.25) is 14.5 Å². The molecule has 4 aromatic rings. The smallest absolute Gasteiger partial charge is 0.335 e. The van der Waals surface area contributed by atoms with E-state index in [0.717, 1.165) is 53.0 Å². The van der Waals surface area contributed by atoms with Gasteiger partial charge in [-0.25, -0.2) is 18.4 Å². The van der Waals surface area contributed by atoms with Crippen molar-refractivity contribution in [1.82, 2.24) is 15.1 Å². The van der Waals surface area contributed by atoms with E-state index in [1.165, 1.54) is 23.5 Å². The molecule has 2 aliphatic rings. The van der Waals surface area contributed by atoms with Crippen LogP contribution in [0.15, 0.2) is 60.7 Å². The van der Waals surface area contributed by atoms with Gasteiger partial charge in [-0.2, -0.15) is 0 Å². The van der Waals surface area contributed by atoms with Gasteiger partial charge in [-0.15, -0.1) is 11.3 Å². The molecule has 0 radical (unpaired) electrons. The zero-order chi connectivity index (χ0) is 37.9. The van der Waals surface area contributed by atoms with Gasteiger partial charge in [0.1, 0.15) is 16.6 Å². The van der Waals surface area contributed by atoms with Crippen molar-refractivity contribution in [3.63, 3.8) is 0 Å². The standard InChI is InChI=1S/C40H43F2N5O5S/c1-40(2)23-46(39(52)43-3)17-18-47(40)22-25-7-6-8-27(19-25)35(48)45-37-34(30-9-4-5-10-33(30)53-37)36(49)44-28-20-31(41)29(32(42)21-28)16-13-24-11-14-26(15-12-24)38(50)51/h6-8,11-12,14-15,19-21H,4-5,9-10,13,16-18,22-23H2,1-3H3,(H,43,52)(H,44,49)(H,45,48)(H,50,51). The molecule has 2 heterocycles. The van der Waals surface area contributed by atoms with Crippen LogP contribution in [0, 0.1) is 11.6 Å². The molecule has 0 bridgehead atoms. The summed E-state index contributed by atoms with van der Waals surface area (Å²) in [7, 11) is 1.62. The molecule has 6 rings (SSSR count). The number of carboxylic acids is 1. The monoisotopic (exact) mass is 743 g/mol. The first-order valence-electron chi connectivity index (χ1n) is 17.7. The zero-order valence-corrected chi connectivity index (χ0v) is 30.8. The van der Waals surface area contributed by atoms with E-state index in [-0.39, 0.29) is 40.7 Å². The quantitative estimate of drug-likeness (QED) is 0.137. The number of piperazine rings is 1. The predicted octanol–water partition coefficient (Wildman–Crippen LogP) is 7.13. The van der Waals surface area contributed by atoms with Gasteiger partial charge in [-0.05, 0) is 105 Å². The lowest BCUT2D eigenvalue weighted by molar-refractivity contribution is 0.0301. The van der Waals surface area contributed by atoms with E-state index in [1.807, 2.05) is 18.2 Å². The first-order valence-corrected chi connectivity index (χ1v) is 18.5. The predicted molar refractivity (Wildman–Crippen MR) is 201 cm³/mol. The van der Waals surface area contributed by atoms with Crippen LogP contribution in [0.1, 0.15) is 84.9 Å². The van der Waals surface area contributed by atoms with Crippen LogP contribution < -0.4 is 16.0 Å². The number of nitrogens with one attached hydrogen (secondary N) is 3. The summed E-state index contributed by atoms with van der Waals surface area (Å²) in [6, 6.07) is 15.5. The molecule has 0 unspecified atom stereocenters. The van der Waals surface area contributed by atoms with Gasteiger partial charge in [0.15, 0.2) is 0 Å². The lowest BCUT2D eigenvalue weighted by atomic mass is 9.95. The second-order valence-electron chi connectivity index (χ2n) is 14.2. The van der Waals surface area contributed by atoms with E-state index >= 15 is 8.78 Å². The number of fused-ring (bicyclic) bond motifs is 1. The lowest BCUT2D eigenvalue weighted by Crippen LogP contribution is -2.61. The SMILES string of the molecule is CNC(=O)N1CCN(Cc2cccc(C(=O)Nc3sc4c(c3C(=O)Nc3cc(F)c(CCc5ccc(C(=O)O)cc5)c(F)c3)CCCC4)c2)C(C)(C)C1. The molecular formula is C40H43F2N5O5S. The Bertz CT molecular complexity index is 2020. The van der Waals surface area contributed by atoms with E-state index in [1.54, 1.807) is 30.1 Å². The number of aromatic carboxylic acids is 1. The van der Waals surface area contributed by atoms with Gasteiger partial charge in [0.05, 0.1) is 11.1 Å². The number of anilines is 2. The summed E-state index contributed by atoms with van der Waals surface area (Å²) in [5.41, 5.74) is 2.91. The lowest BCUT2D eigenvalue weighted by Gasteiger charge is -2.47. The number of carboxylic acid groups (broad SMARTS) is 1. The van der Waals surface area contributed by atoms with Gasteiger partial charge in [0.25, 0.3) is 11.8 Å². The minimum absolute atomic E-state index is 0.0415. The highest BCUT2D eigenvalue weighted by molar-refractivity contribution is 7.17. The van der Waals surface area contributed by atoms with Crippen molar-refractivity contribution in [2.75, 3.05) is 37.3 Å². The molecule has 1 aliphatic heterocycles. The molecule has 4 N–H and O–H groups in total. The van der Waals surface area contributed by atoms with Crippen LogP contribution in [0.5, 0.6) is 0 Å². The molecule has 53 heavy (non-hydrogen) atoms. The van der Waals surface area contributed by atoms with E-state index in [9.17, 15) is 19.2 Å². The largest absolute Gasteiger partial charge is 0.478 e. The Morgan fingerprint density at radius 2 is 1.57 bits per heavy atom. The Kier molecular flexibility index (Phi) is 11.2. The van der Waals surface area contributed by atoms with Crippen LogP contribution in [-0.4, -0.2) is 70.9 Å². The second kappa shape index (κ2) is 15.8. The van der Waals surface area contributed by atoms with Gasteiger partial charge >= 0.3 is 12.0 Å². The molecule has 3 aromatic carbocycles. The molecule has 1 saturated heterocycles. The maximum atomic E-state index is 15.2. The number of hydrogen-bond donors (Lipinski definition) is 4. The fourth-order valence-electron chi connectivity index (χ4n) is 7.11. The molecule has 0 atom stereocenters. The maximum absolute atomic E-state index is 15.2. The van der Waals surface area contributed by atoms with Crippen molar-refractivity contribution in [3.05, 3.63) is 116 Å². The summed E-state index contributed by atoms with van der Waals surface area (Å²) >= 11 is 1.36. The third-order valence-electron chi connectivity index (χ3n) is 10.0. The topological polar surface area (TPSA) is 131 Å². The van der Waals surface area contributed by atoms with Crippen molar-refractivity contribution >= 4 is 45.8 Å². The van der Waals surface area contributed by atoms with Crippen molar-refractivity contribution in [2.24, 2.45) is 0 Å². The normalized spacial score (nSPS) is 15.4. The summed E-state index contributed by atoms with van der Waals surface area (Å²) in [4.78, 5) is 55.9. The van der Waals surface area contributed by atoms with Crippen LogP contribution in [-0.2, 0) is 32.2 Å². The Hall–Kier alpha value is -5.14. The summed E-state index contributed by atoms with van der Waals surface area (Å²) in [5.74, 6) is -3.60. The number of aryl methyl sites for hydroxylation is 2. The molecule has 1 aromatic heterocycles. The Morgan fingerprint density at radius 1 is 0.849 bits per heavy atom. The number of amides is 4. The summed E-state index contributed by atoms with van der Waals surface area (Å²) < 4.78 is 30.5. The minimum Gasteiger partial charge on any atom is -0.478 e. The molecule has 278 valence electrons. The van der Waals surface area contributed by atoms with Gasteiger partial charge < -0.3 is 26.0 Å².